The first-order valence-electron chi connectivity index (χ1n) is 11.5. The zero-order valence-corrected chi connectivity index (χ0v) is 21.5. The molecule has 0 aromatic heterocycles. The van der Waals surface area contributed by atoms with Crippen molar-refractivity contribution in [3.8, 4) is 0 Å². The van der Waals surface area contributed by atoms with Gasteiger partial charge in [-0.05, 0) is 37.6 Å². The summed E-state index contributed by atoms with van der Waals surface area (Å²) < 4.78 is 5.47. The number of nitrogens with one attached hydrogen (secondary N) is 2. The number of rotatable bonds is 15. The lowest BCUT2D eigenvalue weighted by atomic mass is 9.93. The van der Waals surface area contributed by atoms with Crippen LogP contribution in [-0.2, 0) is 23.9 Å². The van der Waals surface area contributed by atoms with Gasteiger partial charge in [0.15, 0.2) is 0 Å². The van der Waals surface area contributed by atoms with Gasteiger partial charge in [0.25, 0.3) is 0 Å². The van der Waals surface area contributed by atoms with Gasteiger partial charge in [0.05, 0.1) is 6.04 Å². The normalized spacial score (nSPS) is 16.1. The molecule has 188 valence electrons. The minimum absolute atomic E-state index is 0.215. The lowest BCUT2D eigenvalue weighted by Gasteiger charge is -2.36. The van der Waals surface area contributed by atoms with E-state index in [1.807, 2.05) is 40.7 Å². The van der Waals surface area contributed by atoms with E-state index >= 15 is 0 Å². The summed E-state index contributed by atoms with van der Waals surface area (Å²) in [5, 5.41) is 5.84. The summed E-state index contributed by atoms with van der Waals surface area (Å²) in [5.74, 6) is -1.37. The third kappa shape index (κ3) is 10.3. The second kappa shape index (κ2) is 15.4. The molecule has 0 radical (unpaired) electrons. The molecule has 2 amide bonds. The fourth-order valence-electron chi connectivity index (χ4n) is 3.59. The summed E-state index contributed by atoms with van der Waals surface area (Å²) in [7, 11) is 3.20. The third-order valence-electron chi connectivity index (χ3n) is 5.52. The molecule has 0 fully saturated rings. The van der Waals surface area contributed by atoms with Gasteiger partial charge in [-0.2, -0.15) is 0 Å². The van der Waals surface area contributed by atoms with E-state index in [4.69, 9.17) is 4.74 Å². The van der Waals surface area contributed by atoms with Crippen molar-refractivity contribution in [1.82, 2.24) is 15.5 Å². The first-order chi connectivity index (χ1) is 15.4. The second-order valence-electron chi connectivity index (χ2n) is 9.23. The summed E-state index contributed by atoms with van der Waals surface area (Å²) in [6.45, 7) is 14.4. The summed E-state index contributed by atoms with van der Waals surface area (Å²) in [5.41, 5.74) is 0. The maximum Gasteiger partial charge on any atom is 0.302 e. The van der Waals surface area contributed by atoms with Gasteiger partial charge in [0.2, 0.25) is 11.8 Å². The predicted molar refractivity (Wildman–Crippen MR) is 130 cm³/mol. The van der Waals surface area contributed by atoms with E-state index in [1.54, 1.807) is 19.2 Å². The number of esters is 1. The van der Waals surface area contributed by atoms with Crippen LogP contribution in [0.15, 0.2) is 24.8 Å². The largest absolute Gasteiger partial charge is 0.460 e. The van der Waals surface area contributed by atoms with Crippen LogP contribution in [0.5, 0.6) is 0 Å². The Kier molecular flexibility index (Phi) is 14.2. The van der Waals surface area contributed by atoms with Crippen LogP contribution < -0.4 is 10.6 Å². The van der Waals surface area contributed by atoms with Crippen LogP contribution in [0, 0.1) is 17.8 Å². The van der Waals surface area contributed by atoms with Gasteiger partial charge < -0.3 is 25.1 Å². The summed E-state index contributed by atoms with van der Waals surface area (Å²) in [6, 6.07) is -2.26. The number of likely N-dealkylation sites (N-methyl/N-ethyl adjacent to an activating group) is 2. The molecule has 2 N–H and O–H groups in total. The molecule has 8 nitrogen and oxygen atoms in total. The first-order valence-corrected chi connectivity index (χ1v) is 11.5. The molecule has 0 bridgehead atoms. The van der Waals surface area contributed by atoms with Crippen molar-refractivity contribution in [3.63, 3.8) is 0 Å². The fraction of sp³-hybridized carbons (Fsp3) is 0.680. The number of nitrogens with zero attached hydrogens (tertiary/aromatic N) is 1. The molecule has 1 unspecified atom stereocenters. The molecule has 0 rings (SSSR count). The quantitative estimate of drug-likeness (QED) is 0.219. The Morgan fingerprint density at radius 1 is 1.12 bits per heavy atom. The molecule has 0 saturated heterocycles. The number of hydrogen-bond donors (Lipinski definition) is 2. The van der Waals surface area contributed by atoms with E-state index in [1.165, 1.54) is 18.9 Å². The van der Waals surface area contributed by atoms with Crippen molar-refractivity contribution in [3.05, 3.63) is 24.8 Å². The van der Waals surface area contributed by atoms with Gasteiger partial charge in [0, 0.05) is 14.0 Å². The zero-order valence-electron chi connectivity index (χ0n) is 21.5. The van der Waals surface area contributed by atoms with Gasteiger partial charge in [-0.25, -0.2) is 0 Å². The molecule has 0 spiro atoms. The van der Waals surface area contributed by atoms with E-state index < -0.39 is 36.1 Å². The Morgan fingerprint density at radius 2 is 1.73 bits per heavy atom. The van der Waals surface area contributed by atoms with Crippen LogP contribution >= 0.6 is 0 Å². The predicted octanol–water partition coefficient (Wildman–Crippen LogP) is 2.49. The fourth-order valence-corrected chi connectivity index (χ4v) is 3.59. The number of aldehydes is 1. The van der Waals surface area contributed by atoms with E-state index in [9.17, 15) is 19.2 Å². The van der Waals surface area contributed by atoms with Crippen LogP contribution in [0.1, 0.15) is 54.4 Å². The summed E-state index contributed by atoms with van der Waals surface area (Å²) in [6.07, 6.45) is 6.20. The SMILES string of the molecule is C=C/C=C/C[C@@H](C)[C@@H](OC(C)=O)C(C=O)N(C)C(=O)[C@@H](NC(=O)[C@H](CC(C)C)NC)C(C)C. The summed E-state index contributed by atoms with van der Waals surface area (Å²) >= 11 is 0. The van der Waals surface area contributed by atoms with Crippen molar-refractivity contribution < 1.29 is 23.9 Å². The molecule has 0 heterocycles. The van der Waals surface area contributed by atoms with Gasteiger partial charge >= 0.3 is 5.97 Å². The maximum atomic E-state index is 13.4. The Bertz CT molecular complexity index is 690. The number of allylic oxidation sites excluding steroid dienone is 3. The van der Waals surface area contributed by atoms with Crippen molar-refractivity contribution in [2.24, 2.45) is 17.8 Å². The highest BCUT2D eigenvalue weighted by molar-refractivity contribution is 5.91. The van der Waals surface area contributed by atoms with Crippen molar-refractivity contribution in [2.45, 2.75) is 78.6 Å². The average Bonchev–Trinajstić information content (AvgIpc) is 2.74. The van der Waals surface area contributed by atoms with Gasteiger partial charge in [-0.3, -0.25) is 14.4 Å². The highest BCUT2D eigenvalue weighted by Crippen LogP contribution is 2.21. The molecule has 0 saturated carbocycles. The molecule has 33 heavy (non-hydrogen) atoms. The first kappa shape index (κ1) is 30.5. The molecular formula is C25H43N3O5. The summed E-state index contributed by atoms with van der Waals surface area (Å²) in [4.78, 5) is 51.3. The van der Waals surface area contributed by atoms with Gasteiger partial charge in [-0.1, -0.05) is 59.4 Å². The standard InChI is InChI=1S/C25H43N3O5/c1-10-11-12-13-18(6)23(33-19(7)30)21(15-29)28(9)25(32)22(17(4)5)27-24(31)20(26-8)14-16(2)3/h10-12,15-18,20-23,26H,1,13-14H2,2-9H3,(H,27,31)/b12-11+/t18-,20+,21?,22+,23-/m1/s1. The monoisotopic (exact) mass is 465 g/mol. The van der Waals surface area contributed by atoms with Crippen LogP contribution in [0.4, 0.5) is 0 Å². The Morgan fingerprint density at radius 3 is 2.15 bits per heavy atom. The average molecular weight is 466 g/mol. The van der Waals surface area contributed by atoms with Crippen LogP contribution in [0.2, 0.25) is 0 Å². The lowest BCUT2D eigenvalue weighted by Crippen LogP contribution is -2.58. The molecular weight excluding hydrogens is 422 g/mol. The highest BCUT2D eigenvalue weighted by atomic mass is 16.5. The van der Waals surface area contributed by atoms with Crippen molar-refractivity contribution in [1.29, 1.82) is 0 Å². The van der Waals surface area contributed by atoms with Crippen LogP contribution in [0.3, 0.4) is 0 Å². The smallest absolute Gasteiger partial charge is 0.302 e. The number of carbonyl (C=O) groups is 4. The van der Waals surface area contributed by atoms with E-state index in [0.717, 1.165) is 0 Å². The van der Waals surface area contributed by atoms with E-state index in [0.29, 0.717) is 25.0 Å². The molecule has 0 aliphatic heterocycles. The van der Waals surface area contributed by atoms with Gasteiger partial charge in [0.1, 0.15) is 24.5 Å². The lowest BCUT2D eigenvalue weighted by molar-refractivity contribution is -0.158. The minimum Gasteiger partial charge on any atom is -0.460 e. The van der Waals surface area contributed by atoms with E-state index in [-0.39, 0.29) is 17.7 Å². The molecule has 0 aromatic rings. The van der Waals surface area contributed by atoms with Crippen LogP contribution in [0.25, 0.3) is 0 Å². The van der Waals surface area contributed by atoms with E-state index in [2.05, 4.69) is 17.2 Å². The minimum atomic E-state index is -0.998. The van der Waals surface area contributed by atoms with Crippen molar-refractivity contribution in [2.75, 3.05) is 14.1 Å². The maximum absolute atomic E-state index is 13.4. The highest BCUT2D eigenvalue weighted by Gasteiger charge is 2.38. The third-order valence-corrected chi connectivity index (χ3v) is 5.52. The number of ether oxygens (including phenoxy) is 1. The Labute approximate surface area is 199 Å². The number of amides is 2. The molecule has 5 atom stereocenters. The molecule has 0 aliphatic rings. The zero-order chi connectivity index (χ0) is 25.7. The molecule has 0 aliphatic carbocycles. The van der Waals surface area contributed by atoms with Gasteiger partial charge in [-0.15, -0.1) is 0 Å². The Hall–Kier alpha value is -2.48. The number of hydrogen-bond acceptors (Lipinski definition) is 6. The van der Waals surface area contributed by atoms with Crippen molar-refractivity contribution >= 4 is 24.1 Å². The Balaban J connectivity index is 5.77. The second-order valence-corrected chi connectivity index (χ2v) is 9.23. The van der Waals surface area contributed by atoms with Crippen LogP contribution in [-0.4, -0.2) is 67.3 Å². The number of carbonyl (C=O) groups excluding carboxylic acids is 4. The topological polar surface area (TPSA) is 105 Å². The molecule has 8 heteroatoms. The molecule has 0 aromatic carbocycles.